The van der Waals surface area contributed by atoms with Crippen LogP contribution in [0.15, 0.2) is 50.1 Å². The Balaban J connectivity index is 1.23. The van der Waals surface area contributed by atoms with E-state index in [1.807, 2.05) is 31.2 Å². The van der Waals surface area contributed by atoms with E-state index in [1.54, 1.807) is 4.90 Å². The van der Waals surface area contributed by atoms with Crippen LogP contribution in [0.5, 0.6) is 5.75 Å². The molecule has 0 saturated carbocycles. The number of carbonyl (C=O) groups is 1. The summed E-state index contributed by atoms with van der Waals surface area (Å²) in [5.74, 6) is 0.412. The van der Waals surface area contributed by atoms with Gasteiger partial charge in [0.1, 0.15) is 5.75 Å². The Morgan fingerprint density at radius 2 is 1.87 bits per heavy atom. The molecule has 1 aliphatic heterocycles. The molecule has 0 unspecified atom stereocenters. The van der Waals surface area contributed by atoms with E-state index in [4.69, 9.17) is 8.94 Å². The number of benzene rings is 1. The number of aromatic nitrogens is 2. The summed E-state index contributed by atoms with van der Waals surface area (Å²) >= 11 is 0. The Bertz CT molecular complexity index is 1100. The second kappa shape index (κ2) is 9.13. The van der Waals surface area contributed by atoms with Crippen molar-refractivity contribution in [3.8, 4) is 17.1 Å². The van der Waals surface area contributed by atoms with E-state index in [0.29, 0.717) is 44.3 Å². The summed E-state index contributed by atoms with van der Waals surface area (Å²) in [5.41, 5.74) is 1.37. The van der Waals surface area contributed by atoms with Gasteiger partial charge in [0.2, 0.25) is 11.7 Å². The van der Waals surface area contributed by atoms with E-state index in [1.165, 1.54) is 11.6 Å². The number of aromatic hydroxyl groups is 1. The van der Waals surface area contributed by atoms with E-state index >= 15 is 0 Å². The van der Waals surface area contributed by atoms with Crippen LogP contribution in [0.2, 0.25) is 0 Å². The van der Waals surface area contributed by atoms with Crippen molar-refractivity contribution in [2.75, 3.05) is 32.7 Å². The van der Waals surface area contributed by atoms with Crippen LogP contribution < -0.4 is 5.63 Å². The fraction of sp³-hybridized carbons (Fsp3) is 0.364. The third-order valence-electron chi connectivity index (χ3n) is 5.27. The first-order chi connectivity index (χ1) is 15.0. The van der Waals surface area contributed by atoms with Gasteiger partial charge >= 0.3 is 5.63 Å². The second-order valence-corrected chi connectivity index (χ2v) is 7.61. The van der Waals surface area contributed by atoms with Crippen molar-refractivity contribution in [3.63, 3.8) is 0 Å². The average Bonchev–Trinajstić information content (AvgIpc) is 3.22. The Labute approximate surface area is 178 Å². The number of nitrogens with zero attached hydrogens (tertiary/aromatic N) is 4. The molecule has 1 aromatic carbocycles. The van der Waals surface area contributed by atoms with Crippen LogP contribution in [0.3, 0.4) is 0 Å². The van der Waals surface area contributed by atoms with E-state index in [9.17, 15) is 14.7 Å². The fourth-order valence-electron chi connectivity index (χ4n) is 3.53. The molecule has 31 heavy (non-hydrogen) atoms. The largest absolute Gasteiger partial charge is 0.508 e. The SMILES string of the molecule is Cc1ccc(-c2noc(CCCN3CCN(C(=O)c4cc(O)cc(=O)o4)CC3)n2)cc1. The molecule has 9 nitrogen and oxygen atoms in total. The van der Waals surface area contributed by atoms with Crippen LogP contribution in [0.25, 0.3) is 11.4 Å². The van der Waals surface area contributed by atoms with Gasteiger partial charge in [0.25, 0.3) is 5.91 Å². The number of carbonyl (C=O) groups excluding carboxylic acids is 1. The van der Waals surface area contributed by atoms with Crippen molar-refractivity contribution in [1.29, 1.82) is 0 Å². The lowest BCUT2D eigenvalue weighted by molar-refractivity contribution is 0.0599. The van der Waals surface area contributed by atoms with E-state index < -0.39 is 5.63 Å². The highest BCUT2D eigenvalue weighted by Gasteiger charge is 2.24. The molecule has 0 aliphatic carbocycles. The van der Waals surface area contributed by atoms with E-state index in [-0.39, 0.29) is 17.4 Å². The highest BCUT2D eigenvalue weighted by molar-refractivity contribution is 5.91. The zero-order valence-corrected chi connectivity index (χ0v) is 17.3. The van der Waals surface area contributed by atoms with Gasteiger partial charge in [-0.05, 0) is 19.9 Å². The number of hydrogen-bond acceptors (Lipinski definition) is 8. The molecular formula is C22H24N4O5. The maximum absolute atomic E-state index is 12.5. The maximum atomic E-state index is 12.5. The molecule has 0 bridgehead atoms. The Hall–Kier alpha value is -3.46. The third kappa shape index (κ3) is 5.18. The number of hydrogen-bond donors (Lipinski definition) is 1. The fourth-order valence-corrected chi connectivity index (χ4v) is 3.53. The van der Waals surface area contributed by atoms with Gasteiger partial charge in [-0.2, -0.15) is 4.98 Å². The highest BCUT2D eigenvalue weighted by Crippen LogP contribution is 2.17. The molecule has 0 atom stereocenters. The Morgan fingerprint density at radius 1 is 1.13 bits per heavy atom. The van der Waals surface area contributed by atoms with Crippen molar-refractivity contribution < 1.29 is 18.8 Å². The van der Waals surface area contributed by atoms with Crippen LogP contribution >= 0.6 is 0 Å². The second-order valence-electron chi connectivity index (χ2n) is 7.61. The molecular weight excluding hydrogens is 400 g/mol. The summed E-state index contributed by atoms with van der Waals surface area (Å²) in [6.45, 7) is 5.37. The lowest BCUT2D eigenvalue weighted by atomic mass is 10.1. The number of amides is 1. The van der Waals surface area contributed by atoms with Crippen molar-refractivity contribution in [3.05, 3.63) is 64.0 Å². The standard InChI is InChI=1S/C22H24N4O5/c1-15-4-6-16(7-5-15)21-23-19(31-24-21)3-2-8-25-9-11-26(12-10-25)22(29)18-13-17(27)14-20(28)30-18/h4-7,13-14,27H,2-3,8-12H2,1H3. The molecule has 1 fully saturated rings. The summed E-state index contributed by atoms with van der Waals surface area (Å²) in [5, 5.41) is 13.6. The molecule has 1 amide bonds. The zero-order valence-electron chi connectivity index (χ0n) is 17.3. The van der Waals surface area contributed by atoms with Crippen LogP contribution in [0.1, 0.15) is 28.4 Å². The minimum atomic E-state index is -0.742. The molecule has 2 aromatic heterocycles. The molecule has 1 aliphatic rings. The van der Waals surface area contributed by atoms with Crippen molar-refractivity contribution in [1.82, 2.24) is 19.9 Å². The number of rotatable bonds is 6. The summed E-state index contributed by atoms with van der Waals surface area (Å²) < 4.78 is 10.3. The molecule has 9 heteroatoms. The summed E-state index contributed by atoms with van der Waals surface area (Å²) in [6.07, 6.45) is 1.55. The zero-order chi connectivity index (χ0) is 21.8. The topological polar surface area (TPSA) is 113 Å². The highest BCUT2D eigenvalue weighted by atomic mass is 16.5. The van der Waals surface area contributed by atoms with Gasteiger partial charge in [-0.3, -0.25) is 9.69 Å². The van der Waals surface area contributed by atoms with E-state index in [2.05, 4.69) is 15.0 Å². The van der Waals surface area contributed by atoms with Crippen LogP contribution in [-0.4, -0.2) is 63.7 Å². The van der Waals surface area contributed by atoms with Crippen LogP contribution in [0, 0.1) is 6.92 Å². The lowest BCUT2D eigenvalue weighted by Crippen LogP contribution is -2.49. The molecule has 1 N–H and O–H groups in total. The molecule has 1 saturated heterocycles. The Kier molecular flexibility index (Phi) is 6.13. The number of aryl methyl sites for hydroxylation is 2. The maximum Gasteiger partial charge on any atom is 0.340 e. The van der Waals surface area contributed by atoms with Gasteiger partial charge in [-0.25, -0.2) is 4.79 Å². The van der Waals surface area contributed by atoms with Crippen LogP contribution in [0.4, 0.5) is 0 Å². The third-order valence-corrected chi connectivity index (χ3v) is 5.27. The molecule has 0 spiro atoms. The number of piperazine rings is 1. The normalized spacial score (nSPS) is 14.7. The molecule has 0 radical (unpaired) electrons. The van der Waals surface area contributed by atoms with Gasteiger partial charge in [-0.1, -0.05) is 35.0 Å². The molecule has 3 aromatic rings. The minimum absolute atomic E-state index is 0.140. The van der Waals surface area contributed by atoms with Crippen molar-refractivity contribution >= 4 is 5.91 Å². The predicted octanol–water partition coefficient (Wildman–Crippen LogP) is 2.09. The predicted molar refractivity (Wildman–Crippen MR) is 112 cm³/mol. The van der Waals surface area contributed by atoms with Gasteiger partial charge in [-0.15, -0.1) is 0 Å². The molecule has 4 rings (SSSR count). The van der Waals surface area contributed by atoms with Gasteiger partial charge in [0.05, 0.1) is 6.07 Å². The lowest BCUT2D eigenvalue weighted by Gasteiger charge is -2.34. The summed E-state index contributed by atoms with van der Waals surface area (Å²) in [7, 11) is 0. The molecule has 3 heterocycles. The van der Waals surface area contributed by atoms with Crippen LogP contribution in [-0.2, 0) is 6.42 Å². The van der Waals surface area contributed by atoms with Gasteiger partial charge in [0, 0.05) is 44.2 Å². The first-order valence-corrected chi connectivity index (χ1v) is 10.2. The van der Waals surface area contributed by atoms with Crippen molar-refractivity contribution in [2.45, 2.75) is 19.8 Å². The minimum Gasteiger partial charge on any atom is -0.508 e. The smallest absolute Gasteiger partial charge is 0.340 e. The average molecular weight is 424 g/mol. The van der Waals surface area contributed by atoms with Gasteiger partial charge < -0.3 is 18.9 Å². The first-order valence-electron chi connectivity index (χ1n) is 10.2. The first kappa shape index (κ1) is 20.8. The van der Waals surface area contributed by atoms with Gasteiger partial charge in [0.15, 0.2) is 5.76 Å². The van der Waals surface area contributed by atoms with E-state index in [0.717, 1.165) is 24.6 Å². The molecule has 162 valence electrons. The van der Waals surface area contributed by atoms with Crippen molar-refractivity contribution in [2.24, 2.45) is 0 Å². The summed E-state index contributed by atoms with van der Waals surface area (Å²) in [6, 6.07) is 10.1. The monoisotopic (exact) mass is 424 g/mol. The summed E-state index contributed by atoms with van der Waals surface area (Å²) in [4.78, 5) is 32.2. The quantitative estimate of drug-likeness (QED) is 0.640. The Morgan fingerprint density at radius 3 is 2.58 bits per heavy atom.